The molecule has 0 unspecified atom stereocenters. The molecule has 0 radical (unpaired) electrons. The zero-order chi connectivity index (χ0) is 16.6. The van der Waals surface area contributed by atoms with E-state index in [-0.39, 0.29) is 41.5 Å². The van der Waals surface area contributed by atoms with Crippen LogP contribution in [0.5, 0.6) is 5.88 Å². The summed E-state index contributed by atoms with van der Waals surface area (Å²) in [4.78, 5) is 7.52. The molecule has 10 heteroatoms. The third kappa shape index (κ3) is 7.73. The highest BCUT2D eigenvalue weighted by Gasteiger charge is 2.31. The Balaban J connectivity index is 0.00000484. The highest BCUT2D eigenvalue weighted by Crippen LogP contribution is 2.32. The van der Waals surface area contributed by atoms with Crippen LogP contribution in [0.2, 0.25) is 5.02 Å². The first kappa shape index (κ1) is 21.8. The van der Waals surface area contributed by atoms with Crippen LogP contribution < -0.4 is 15.4 Å². The van der Waals surface area contributed by atoms with Crippen LogP contribution >= 0.6 is 35.6 Å². The molecule has 0 saturated carbocycles. The van der Waals surface area contributed by atoms with Gasteiger partial charge < -0.3 is 15.4 Å². The van der Waals surface area contributed by atoms with Gasteiger partial charge in [0.05, 0.1) is 12.1 Å². The number of alkyl halides is 3. The largest absolute Gasteiger partial charge is 0.475 e. The zero-order valence-corrected chi connectivity index (χ0v) is 15.4. The fourth-order valence-corrected chi connectivity index (χ4v) is 1.61. The predicted octanol–water partition coefficient (Wildman–Crippen LogP) is 3.10. The minimum atomic E-state index is -4.49. The van der Waals surface area contributed by atoms with Gasteiger partial charge in [-0.1, -0.05) is 17.7 Å². The second-order valence-electron chi connectivity index (χ2n) is 4.03. The Labute approximate surface area is 154 Å². The molecule has 5 nitrogen and oxygen atoms in total. The minimum absolute atomic E-state index is 0. The number of hydrogen-bond donors (Lipinski definition) is 2. The summed E-state index contributed by atoms with van der Waals surface area (Å²) in [7, 11) is 1.60. The SMILES string of the molecule is C=CCNC(=NC)NCCOc1ncc(C(F)(F)F)cc1Cl.I. The summed E-state index contributed by atoms with van der Waals surface area (Å²) in [6.07, 6.45) is -2.13. The van der Waals surface area contributed by atoms with E-state index < -0.39 is 11.7 Å². The third-order valence-corrected chi connectivity index (χ3v) is 2.68. The summed E-state index contributed by atoms with van der Waals surface area (Å²) in [5.74, 6) is 0.500. The van der Waals surface area contributed by atoms with Crippen molar-refractivity contribution in [1.82, 2.24) is 15.6 Å². The fraction of sp³-hybridized carbons (Fsp3) is 0.385. The van der Waals surface area contributed by atoms with E-state index in [0.29, 0.717) is 25.2 Å². The number of nitrogens with one attached hydrogen (secondary N) is 2. The lowest BCUT2D eigenvalue weighted by atomic mass is 10.3. The van der Waals surface area contributed by atoms with Crippen molar-refractivity contribution in [3.05, 3.63) is 35.5 Å². The van der Waals surface area contributed by atoms with Crippen molar-refractivity contribution in [2.75, 3.05) is 26.7 Å². The standard InChI is InChI=1S/C13H16ClF3N4O.HI/c1-3-4-19-12(18-2)20-5-6-22-11-10(14)7-9(8-21-11)13(15,16)17;/h3,7-8H,1,4-6H2,2H3,(H2,18,19,20);1H. The summed E-state index contributed by atoms with van der Waals surface area (Å²) < 4.78 is 42.6. The molecule has 0 bridgehead atoms. The van der Waals surface area contributed by atoms with Crippen LogP contribution in [0.15, 0.2) is 29.9 Å². The summed E-state index contributed by atoms with van der Waals surface area (Å²) in [5.41, 5.74) is -0.919. The van der Waals surface area contributed by atoms with Crippen LogP contribution in [-0.2, 0) is 6.18 Å². The Hall–Kier alpha value is -1.23. The molecular weight excluding hydrogens is 448 g/mol. The van der Waals surface area contributed by atoms with E-state index in [1.54, 1.807) is 13.1 Å². The number of hydrogen-bond acceptors (Lipinski definition) is 3. The maximum Gasteiger partial charge on any atom is 0.417 e. The van der Waals surface area contributed by atoms with E-state index in [4.69, 9.17) is 16.3 Å². The maximum atomic E-state index is 12.5. The summed E-state index contributed by atoms with van der Waals surface area (Å²) in [5, 5.41) is 5.71. The molecule has 1 aromatic rings. The van der Waals surface area contributed by atoms with Crippen LogP contribution in [0.4, 0.5) is 13.2 Å². The zero-order valence-electron chi connectivity index (χ0n) is 12.3. The van der Waals surface area contributed by atoms with E-state index in [0.717, 1.165) is 6.07 Å². The molecule has 0 fully saturated rings. The van der Waals surface area contributed by atoms with Gasteiger partial charge in [-0.05, 0) is 6.07 Å². The molecule has 1 aromatic heterocycles. The normalized spacial score (nSPS) is 11.4. The van der Waals surface area contributed by atoms with Gasteiger partial charge in [-0.25, -0.2) is 4.98 Å². The highest BCUT2D eigenvalue weighted by atomic mass is 127. The van der Waals surface area contributed by atoms with Crippen molar-refractivity contribution < 1.29 is 17.9 Å². The summed E-state index contributed by atoms with van der Waals surface area (Å²) in [6, 6.07) is 0.780. The first-order valence-corrected chi connectivity index (χ1v) is 6.67. The molecule has 0 aromatic carbocycles. The number of rotatable bonds is 6. The Kier molecular flexibility index (Phi) is 9.96. The first-order valence-electron chi connectivity index (χ1n) is 6.29. The Morgan fingerprint density at radius 3 is 2.70 bits per heavy atom. The van der Waals surface area contributed by atoms with Gasteiger partial charge in [0.2, 0.25) is 5.88 Å². The molecular formula is C13H17ClF3IN4O. The monoisotopic (exact) mass is 464 g/mol. The first-order chi connectivity index (χ1) is 10.4. The Morgan fingerprint density at radius 2 is 2.17 bits per heavy atom. The number of ether oxygens (including phenoxy) is 1. The van der Waals surface area contributed by atoms with Crippen molar-refractivity contribution in [3.63, 3.8) is 0 Å². The van der Waals surface area contributed by atoms with E-state index in [2.05, 4.69) is 27.2 Å². The number of halogens is 5. The summed E-state index contributed by atoms with van der Waals surface area (Å²) >= 11 is 5.72. The van der Waals surface area contributed by atoms with Crippen molar-refractivity contribution in [1.29, 1.82) is 0 Å². The number of aliphatic imine (C=N–C) groups is 1. The van der Waals surface area contributed by atoms with Gasteiger partial charge in [-0.15, -0.1) is 30.6 Å². The molecule has 0 amide bonds. The number of aromatic nitrogens is 1. The molecule has 2 N–H and O–H groups in total. The van der Waals surface area contributed by atoms with E-state index in [1.165, 1.54) is 0 Å². The lowest BCUT2D eigenvalue weighted by Crippen LogP contribution is -2.39. The van der Waals surface area contributed by atoms with Crippen molar-refractivity contribution >= 4 is 41.5 Å². The van der Waals surface area contributed by atoms with Crippen molar-refractivity contribution in [2.24, 2.45) is 4.99 Å². The van der Waals surface area contributed by atoms with Gasteiger partial charge in [-0.2, -0.15) is 13.2 Å². The molecule has 1 rings (SSSR count). The maximum absolute atomic E-state index is 12.5. The molecule has 0 saturated heterocycles. The van der Waals surface area contributed by atoms with E-state index >= 15 is 0 Å². The molecule has 130 valence electrons. The number of pyridine rings is 1. The molecule has 0 aliphatic carbocycles. The molecule has 0 aliphatic heterocycles. The number of guanidine groups is 1. The molecule has 1 heterocycles. The lowest BCUT2D eigenvalue weighted by Gasteiger charge is -2.12. The van der Waals surface area contributed by atoms with E-state index in [9.17, 15) is 13.2 Å². The quantitative estimate of drug-likeness (QED) is 0.223. The van der Waals surface area contributed by atoms with Gasteiger partial charge in [-0.3, -0.25) is 4.99 Å². The van der Waals surface area contributed by atoms with E-state index in [1.807, 2.05) is 0 Å². The van der Waals surface area contributed by atoms with Gasteiger partial charge in [0.1, 0.15) is 11.6 Å². The Morgan fingerprint density at radius 1 is 1.48 bits per heavy atom. The average Bonchev–Trinajstić information content (AvgIpc) is 2.46. The van der Waals surface area contributed by atoms with Crippen LogP contribution in [-0.4, -0.2) is 37.7 Å². The Bertz CT molecular complexity index is 540. The van der Waals surface area contributed by atoms with Crippen LogP contribution in [0, 0.1) is 0 Å². The average molecular weight is 465 g/mol. The van der Waals surface area contributed by atoms with Crippen molar-refractivity contribution in [3.8, 4) is 5.88 Å². The minimum Gasteiger partial charge on any atom is -0.475 e. The third-order valence-electron chi connectivity index (χ3n) is 2.41. The van der Waals surface area contributed by atoms with Gasteiger partial charge in [0.25, 0.3) is 0 Å². The highest BCUT2D eigenvalue weighted by molar-refractivity contribution is 14.0. The van der Waals surface area contributed by atoms with Gasteiger partial charge >= 0.3 is 6.18 Å². The number of nitrogens with zero attached hydrogens (tertiary/aromatic N) is 2. The molecule has 0 spiro atoms. The van der Waals surface area contributed by atoms with Crippen molar-refractivity contribution in [2.45, 2.75) is 6.18 Å². The van der Waals surface area contributed by atoms with Crippen LogP contribution in [0.25, 0.3) is 0 Å². The van der Waals surface area contributed by atoms with Gasteiger partial charge in [0, 0.05) is 19.8 Å². The molecule has 0 aliphatic rings. The topological polar surface area (TPSA) is 58.5 Å². The second-order valence-corrected chi connectivity index (χ2v) is 4.43. The fourth-order valence-electron chi connectivity index (χ4n) is 1.39. The smallest absolute Gasteiger partial charge is 0.417 e. The lowest BCUT2D eigenvalue weighted by molar-refractivity contribution is -0.137. The second kappa shape index (κ2) is 10.5. The molecule has 23 heavy (non-hydrogen) atoms. The van der Waals surface area contributed by atoms with Crippen LogP contribution in [0.1, 0.15) is 5.56 Å². The predicted molar refractivity (Wildman–Crippen MR) is 94.7 cm³/mol. The molecule has 0 atom stereocenters. The summed E-state index contributed by atoms with van der Waals surface area (Å²) in [6.45, 7) is 4.64. The van der Waals surface area contributed by atoms with Gasteiger partial charge in [0.15, 0.2) is 5.96 Å². The van der Waals surface area contributed by atoms with Crippen LogP contribution in [0.3, 0.4) is 0 Å².